The summed E-state index contributed by atoms with van der Waals surface area (Å²) in [4.78, 5) is 16.9. The van der Waals surface area contributed by atoms with E-state index in [0.29, 0.717) is 28.4 Å². The number of pyridine rings is 1. The first-order chi connectivity index (χ1) is 15.5. The standard InChI is InChI=1S/C24H19FN6O/c1-13-12-14(6-8-19(13)25)28-24(32)29-20-9-7-16(15-4-2-3-5-17(15)20)18-10-11-27-23-21(18)22(26)30-31-23/h2-12H,1H3,(H2,28,29,32)(H3,26,27,30,31). The summed E-state index contributed by atoms with van der Waals surface area (Å²) in [6.07, 6.45) is 1.69. The number of amides is 2. The predicted molar refractivity (Wildman–Crippen MR) is 125 cm³/mol. The Hall–Kier alpha value is -4.46. The van der Waals surface area contributed by atoms with Crippen LogP contribution < -0.4 is 16.4 Å². The van der Waals surface area contributed by atoms with E-state index >= 15 is 0 Å². The van der Waals surface area contributed by atoms with Crippen molar-refractivity contribution in [3.8, 4) is 11.1 Å². The summed E-state index contributed by atoms with van der Waals surface area (Å²) in [6, 6.07) is 17.5. The molecule has 5 N–H and O–H groups in total. The van der Waals surface area contributed by atoms with Crippen LogP contribution in [-0.2, 0) is 0 Å². The zero-order valence-electron chi connectivity index (χ0n) is 17.1. The van der Waals surface area contributed by atoms with E-state index in [2.05, 4.69) is 25.8 Å². The number of nitrogen functional groups attached to an aromatic ring is 1. The number of nitrogens with two attached hydrogens (primary N) is 1. The van der Waals surface area contributed by atoms with Crippen LogP contribution in [-0.4, -0.2) is 21.2 Å². The highest BCUT2D eigenvalue weighted by molar-refractivity contribution is 6.12. The van der Waals surface area contributed by atoms with Crippen LogP contribution in [0.5, 0.6) is 0 Å². The number of urea groups is 1. The summed E-state index contributed by atoms with van der Waals surface area (Å²) in [5, 5.41) is 15.1. The van der Waals surface area contributed by atoms with Crippen LogP contribution in [0.15, 0.2) is 66.9 Å². The van der Waals surface area contributed by atoms with Crippen molar-refractivity contribution in [1.82, 2.24) is 15.2 Å². The van der Waals surface area contributed by atoms with E-state index in [1.165, 1.54) is 12.1 Å². The summed E-state index contributed by atoms with van der Waals surface area (Å²) in [7, 11) is 0. The number of carbonyl (C=O) groups is 1. The molecule has 0 spiro atoms. The zero-order valence-corrected chi connectivity index (χ0v) is 17.1. The number of benzene rings is 3. The Morgan fingerprint density at radius 1 is 1.00 bits per heavy atom. The Balaban J connectivity index is 1.53. The second-order valence-corrected chi connectivity index (χ2v) is 7.44. The fourth-order valence-electron chi connectivity index (χ4n) is 3.84. The van der Waals surface area contributed by atoms with E-state index in [9.17, 15) is 9.18 Å². The highest BCUT2D eigenvalue weighted by Crippen LogP contribution is 2.37. The number of anilines is 3. The van der Waals surface area contributed by atoms with E-state index in [4.69, 9.17) is 5.73 Å². The summed E-state index contributed by atoms with van der Waals surface area (Å²) in [5.41, 5.74) is 10.1. The highest BCUT2D eigenvalue weighted by atomic mass is 19.1. The molecule has 0 bridgehead atoms. The average Bonchev–Trinajstić information content (AvgIpc) is 3.18. The largest absolute Gasteiger partial charge is 0.383 e. The van der Waals surface area contributed by atoms with Crippen LogP contribution in [0.3, 0.4) is 0 Å². The van der Waals surface area contributed by atoms with Crippen LogP contribution >= 0.6 is 0 Å². The number of hydrogen-bond acceptors (Lipinski definition) is 4. The van der Waals surface area contributed by atoms with Gasteiger partial charge in [-0.2, -0.15) is 5.10 Å². The molecule has 0 radical (unpaired) electrons. The molecule has 2 amide bonds. The van der Waals surface area contributed by atoms with Gasteiger partial charge < -0.3 is 16.4 Å². The van der Waals surface area contributed by atoms with Gasteiger partial charge in [0.2, 0.25) is 0 Å². The minimum absolute atomic E-state index is 0.319. The summed E-state index contributed by atoms with van der Waals surface area (Å²) < 4.78 is 13.5. The molecule has 2 aromatic heterocycles. The number of rotatable bonds is 3. The number of carbonyl (C=O) groups excluding carboxylic acids is 1. The Bertz CT molecular complexity index is 1490. The first-order valence-corrected chi connectivity index (χ1v) is 9.96. The third-order valence-corrected chi connectivity index (χ3v) is 5.36. The van der Waals surface area contributed by atoms with Gasteiger partial charge in [0.15, 0.2) is 5.65 Å². The van der Waals surface area contributed by atoms with E-state index in [1.54, 1.807) is 19.2 Å². The first kappa shape index (κ1) is 19.5. The van der Waals surface area contributed by atoms with Crippen molar-refractivity contribution in [1.29, 1.82) is 0 Å². The molecule has 8 heteroatoms. The predicted octanol–water partition coefficient (Wildman–Crippen LogP) is 5.45. The maximum absolute atomic E-state index is 13.5. The molecule has 0 fully saturated rings. The van der Waals surface area contributed by atoms with Crippen molar-refractivity contribution in [3.05, 3.63) is 78.2 Å². The highest BCUT2D eigenvalue weighted by Gasteiger charge is 2.15. The lowest BCUT2D eigenvalue weighted by Crippen LogP contribution is -2.19. The molecule has 0 aliphatic heterocycles. The fourth-order valence-corrected chi connectivity index (χ4v) is 3.84. The third kappa shape index (κ3) is 3.37. The number of aromatic nitrogens is 3. The second kappa shape index (κ2) is 7.66. The Morgan fingerprint density at radius 2 is 1.81 bits per heavy atom. The lowest BCUT2D eigenvalue weighted by molar-refractivity contribution is 0.262. The third-order valence-electron chi connectivity index (χ3n) is 5.36. The molecule has 2 heterocycles. The maximum atomic E-state index is 13.5. The van der Waals surface area contributed by atoms with Crippen LogP contribution in [0.4, 0.5) is 26.4 Å². The normalized spacial score (nSPS) is 11.1. The van der Waals surface area contributed by atoms with Gasteiger partial charge >= 0.3 is 6.03 Å². The number of aryl methyl sites for hydroxylation is 1. The lowest BCUT2D eigenvalue weighted by Gasteiger charge is -2.14. The molecule has 32 heavy (non-hydrogen) atoms. The van der Waals surface area contributed by atoms with Crippen LogP contribution in [0.2, 0.25) is 0 Å². The van der Waals surface area contributed by atoms with Gasteiger partial charge in [0.25, 0.3) is 0 Å². The average molecular weight is 426 g/mol. The van der Waals surface area contributed by atoms with Gasteiger partial charge in [-0.15, -0.1) is 0 Å². The number of H-pyrrole nitrogens is 1. The summed E-state index contributed by atoms with van der Waals surface area (Å²) >= 11 is 0. The van der Waals surface area contributed by atoms with Gasteiger partial charge in [-0.1, -0.05) is 30.3 Å². The van der Waals surface area contributed by atoms with Crippen molar-refractivity contribution >= 4 is 45.0 Å². The topological polar surface area (TPSA) is 109 Å². The fraction of sp³-hybridized carbons (Fsp3) is 0.0417. The van der Waals surface area contributed by atoms with E-state index in [1.807, 2.05) is 42.5 Å². The number of halogens is 1. The van der Waals surface area contributed by atoms with E-state index < -0.39 is 6.03 Å². The molecular weight excluding hydrogens is 407 g/mol. The zero-order chi connectivity index (χ0) is 22.2. The molecule has 0 aliphatic rings. The molecule has 0 aliphatic carbocycles. The van der Waals surface area contributed by atoms with Gasteiger partial charge in [0, 0.05) is 17.3 Å². The Morgan fingerprint density at radius 3 is 2.62 bits per heavy atom. The molecule has 158 valence electrons. The van der Waals surface area contributed by atoms with Crippen molar-refractivity contribution in [2.75, 3.05) is 16.4 Å². The number of aromatic amines is 1. The molecule has 0 unspecified atom stereocenters. The Labute approximate surface area is 182 Å². The lowest BCUT2D eigenvalue weighted by atomic mass is 9.96. The van der Waals surface area contributed by atoms with Crippen molar-refractivity contribution in [3.63, 3.8) is 0 Å². The van der Waals surface area contributed by atoms with Gasteiger partial charge in [-0.25, -0.2) is 14.2 Å². The van der Waals surface area contributed by atoms with Crippen LogP contribution in [0.25, 0.3) is 32.9 Å². The SMILES string of the molecule is Cc1cc(NC(=O)Nc2ccc(-c3ccnc4n[nH]c(N)c34)c3ccccc23)ccc1F. The maximum Gasteiger partial charge on any atom is 0.323 e. The summed E-state index contributed by atoms with van der Waals surface area (Å²) in [5.74, 6) is 0.129. The number of nitrogens with one attached hydrogen (secondary N) is 3. The number of hydrogen-bond donors (Lipinski definition) is 4. The number of nitrogens with zero attached hydrogens (tertiary/aromatic N) is 2. The van der Waals surface area contributed by atoms with Crippen molar-refractivity contribution in [2.45, 2.75) is 6.92 Å². The second-order valence-electron chi connectivity index (χ2n) is 7.44. The Kier molecular flexibility index (Phi) is 4.67. The van der Waals surface area contributed by atoms with Gasteiger partial charge in [-0.05, 0) is 59.3 Å². The van der Waals surface area contributed by atoms with Crippen molar-refractivity contribution < 1.29 is 9.18 Å². The molecular formula is C24H19FN6O. The molecule has 7 nitrogen and oxygen atoms in total. The molecule has 0 atom stereocenters. The van der Waals surface area contributed by atoms with Crippen LogP contribution in [0, 0.1) is 12.7 Å². The first-order valence-electron chi connectivity index (χ1n) is 9.96. The minimum Gasteiger partial charge on any atom is -0.383 e. The molecule has 5 aromatic rings. The number of fused-ring (bicyclic) bond motifs is 2. The van der Waals surface area contributed by atoms with E-state index in [0.717, 1.165) is 27.3 Å². The monoisotopic (exact) mass is 426 g/mol. The minimum atomic E-state index is -0.417. The van der Waals surface area contributed by atoms with Crippen LogP contribution in [0.1, 0.15) is 5.56 Å². The van der Waals surface area contributed by atoms with Crippen molar-refractivity contribution in [2.24, 2.45) is 0 Å². The van der Waals surface area contributed by atoms with Gasteiger partial charge in [0.05, 0.1) is 11.1 Å². The quantitative estimate of drug-likeness (QED) is 0.307. The van der Waals surface area contributed by atoms with Gasteiger partial charge in [-0.3, -0.25) is 5.10 Å². The molecule has 0 saturated heterocycles. The molecule has 5 rings (SSSR count). The van der Waals surface area contributed by atoms with Gasteiger partial charge in [0.1, 0.15) is 11.6 Å². The molecule has 0 saturated carbocycles. The molecule has 3 aromatic carbocycles. The van der Waals surface area contributed by atoms with E-state index in [-0.39, 0.29) is 5.82 Å². The summed E-state index contributed by atoms with van der Waals surface area (Å²) in [6.45, 7) is 1.65. The smallest absolute Gasteiger partial charge is 0.323 e.